The van der Waals surface area contributed by atoms with Crippen molar-refractivity contribution in [2.75, 3.05) is 18.9 Å². The molecule has 1 amide bonds. The van der Waals surface area contributed by atoms with Gasteiger partial charge in [-0.3, -0.25) is 4.79 Å². The van der Waals surface area contributed by atoms with E-state index in [0.29, 0.717) is 29.9 Å². The van der Waals surface area contributed by atoms with Crippen molar-refractivity contribution in [2.45, 2.75) is 6.42 Å². The van der Waals surface area contributed by atoms with E-state index in [1.165, 1.54) is 12.7 Å². The molecule has 0 aromatic carbocycles. The van der Waals surface area contributed by atoms with E-state index in [4.69, 9.17) is 0 Å². The quantitative estimate of drug-likeness (QED) is 0.773. The van der Waals surface area contributed by atoms with Gasteiger partial charge in [-0.25, -0.2) is 15.0 Å². The Labute approximate surface area is 116 Å². The second-order valence-corrected chi connectivity index (χ2v) is 3.22. The van der Waals surface area contributed by atoms with Gasteiger partial charge in [-0.05, 0) is 7.05 Å². The van der Waals surface area contributed by atoms with Gasteiger partial charge in [0.25, 0.3) is 0 Å². The first-order chi connectivity index (χ1) is 7.81. The average molecular weight is 293 g/mol. The molecule has 0 spiro atoms. The molecule has 0 fully saturated rings. The fraction of sp³-hybridized carbons (Fsp3) is 0.333. The number of carbonyl (C=O) groups is 1. The molecule has 0 radical (unpaired) electrons. The summed E-state index contributed by atoms with van der Waals surface area (Å²) in [7, 11) is 1.80. The zero-order chi connectivity index (χ0) is 11.4. The zero-order valence-electron chi connectivity index (χ0n) is 9.64. The van der Waals surface area contributed by atoms with Crippen LogP contribution in [0.1, 0.15) is 6.42 Å². The van der Waals surface area contributed by atoms with Gasteiger partial charge in [0.2, 0.25) is 5.91 Å². The number of hydrogen-bond acceptors (Lipinski definition) is 5. The topological polar surface area (TPSA) is 95.6 Å². The number of H-pyrrole nitrogens is 1. The van der Waals surface area contributed by atoms with Crippen LogP contribution < -0.4 is 10.6 Å². The smallest absolute Gasteiger partial charge is 0.226 e. The molecule has 2 rings (SSSR count). The molecule has 7 nitrogen and oxygen atoms in total. The molecule has 0 saturated carbocycles. The van der Waals surface area contributed by atoms with Gasteiger partial charge in [-0.1, -0.05) is 0 Å². The molecule has 100 valence electrons. The van der Waals surface area contributed by atoms with Crippen LogP contribution in [0.25, 0.3) is 11.2 Å². The third kappa shape index (κ3) is 3.80. The van der Waals surface area contributed by atoms with Crippen LogP contribution in [-0.4, -0.2) is 39.4 Å². The van der Waals surface area contributed by atoms with Gasteiger partial charge in [-0.2, -0.15) is 0 Å². The van der Waals surface area contributed by atoms with Crippen molar-refractivity contribution in [3.63, 3.8) is 0 Å². The molecule has 2 heterocycles. The molecular formula is C9H14Cl2N6O. The van der Waals surface area contributed by atoms with Crippen molar-refractivity contribution >= 4 is 47.7 Å². The van der Waals surface area contributed by atoms with Crippen LogP contribution in [-0.2, 0) is 4.79 Å². The molecule has 0 aliphatic heterocycles. The van der Waals surface area contributed by atoms with Gasteiger partial charge in [0.05, 0.1) is 6.33 Å². The predicted molar refractivity (Wildman–Crippen MR) is 73.4 cm³/mol. The average Bonchev–Trinajstić information content (AvgIpc) is 2.75. The lowest BCUT2D eigenvalue weighted by Crippen LogP contribution is -2.19. The summed E-state index contributed by atoms with van der Waals surface area (Å²) in [5.41, 5.74) is 1.18. The molecule has 18 heavy (non-hydrogen) atoms. The maximum atomic E-state index is 11.5. The Morgan fingerprint density at radius 2 is 2.11 bits per heavy atom. The molecule has 2 aromatic heterocycles. The van der Waals surface area contributed by atoms with Crippen molar-refractivity contribution in [2.24, 2.45) is 0 Å². The van der Waals surface area contributed by atoms with Gasteiger partial charge < -0.3 is 15.6 Å². The van der Waals surface area contributed by atoms with Crippen molar-refractivity contribution in [1.82, 2.24) is 25.3 Å². The molecule has 0 unspecified atom stereocenters. The summed E-state index contributed by atoms with van der Waals surface area (Å²) in [6.45, 7) is 0.626. The Bertz CT molecular complexity index is 503. The lowest BCUT2D eigenvalue weighted by molar-refractivity contribution is -0.116. The largest absolute Gasteiger partial charge is 0.329 e. The molecule has 0 bridgehead atoms. The van der Waals surface area contributed by atoms with Crippen molar-refractivity contribution in [1.29, 1.82) is 0 Å². The molecular weight excluding hydrogens is 279 g/mol. The number of fused-ring (bicyclic) bond motifs is 1. The second kappa shape index (κ2) is 7.80. The molecule has 0 atom stereocenters. The highest BCUT2D eigenvalue weighted by Gasteiger charge is 2.08. The SMILES string of the molecule is CNCCC(=O)Nc1ncnc2[nH]cnc12.Cl.Cl. The Kier molecular flexibility index (Phi) is 7.18. The molecule has 0 aliphatic carbocycles. The lowest BCUT2D eigenvalue weighted by atomic mass is 10.4. The molecule has 2 aromatic rings. The number of nitrogens with one attached hydrogen (secondary N) is 3. The first-order valence-electron chi connectivity index (χ1n) is 4.90. The summed E-state index contributed by atoms with van der Waals surface area (Å²) < 4.78 is 0. The minimum Gasteiger partial charge on any atom is -0.329 e. The summed E-state index contributed by atoms with van der Waals surface area (Å²) in [4.78, 5) is 26.3. The number of amides is 1. The van der Waals surface area contributed by atoms with Crippen LogP contribution in [0, 0.1) is 0 Å². The van der Waals surface area contributed by atoms with Crippen LogP contribution in [0.5, 0.6) is 0 Å². The Morgan fingerprint density at radius 1 is 1.33 bits per heavy atom. The minimum atomic E-state index is -0.0997. The van der Waals surface area contributed by atoms with Gasteiger partial charge in [0, 0.05) is 13.0 Å². The van der Waals surface area contributed by atoms with E-state index in [0.717, 1.165) is 0 Å². The van der Waals surface area contributed by atoms with Crippen LogP contribution >= 0.6 is 24.8 Å². The first-order valence-corrected chi connectivity index (χ1v) is 4.90. The number of anilines is 1. The zero-order valence-corrected chi connectivity index (χ0v) is 11.3. The molecule has 9 heteroatoms. The maximum absolute atomic E-state index is 11.5. The number of halogens is 2. The van der Waals surface area contributed by atoms with Gasteiger partial charge in [-0.15, -0.1) is 24.8 Å². The van der Waals surface area contributed by atoms with E-state index in [1.54, 1.807) is 7.05 Å². The van der Waals surface area contributed by atoms with Crippen LogP contribution in [0.15, 0.2) is 12.7 Å². The van der Waals surface area contributed by atoms with Crippen LogP contribution in [0.3, 0.4) is 0 Å². The summed E-state index contributed by atoms with van der Waals surface area (Å²) >= 11 is 0. The third-order valence-electron chi connectivity index (χ3n) is 2.08. The van der Waals surface area contributed by atoms with Crippen LogP contribution in [0.2, 0.25) is 0 Å². The summed E-state index contributed by atoms with van der Waals surface area (Å²) in [6.07, 6.45) is 3.29. The highest BCUT2D eigenvalue weighted by molar-refractivity contribution is 5.96. The van der Waals surface area contributed by atoms with Crippen molar-refractivity contribution in [3.05, 3.63) is 12.7 Å². The maximum Gasteiger partial charge on any atom is 0.226 e. The third-order valence-corrected chi connectivity index (χ3v) is 2.08. The Hall–Kier alpha value is -1.44. The fourth-order valence-electron chi connectivity index (χ4n) is 1.29. The minimum absolute atomic E-state index is 0. The summed E-state index contributed by atoms with van der Waals surface area (Å²) in [5.74, 6) is 0.338. The first kappa shape index (κ1) is 16.6. The number of carbonyl (C=O) groups excluding carboxylic acids is 1. The van der Waals surface area contributed by atoms with Gasteiger partial charge in [0.15, 0.2) is 17.0 Å². The van der Waals surface area contributed by atoms with E-state index in [9.17, 15) is 4.79 Å². The van der Waals surface area contributed by atoms with Crippen molar-refractivity contribution in [3.8, 4) is 0 Å². The summed E-state index contributed by atoms with van der Waals surface area (Å²) in [5, 5.41) is 5.59. The second-order valence-electron chi connectivity index (χ2n) is 3.22. The number of rotatable bonds is 4. The highest BCUT2D eigenvalue weighted by atomic mass is 35.5. The Balaban J connectivity index is 0.00000144. The van der Waals surface area contributed by atoms with E-state index in [-0.39, 0.29) is 30.7 Å². The summed E-state index contributed by atoms with van der Waals surface area (Å²) in [6, 6.07) is 0. The highest BCUT2D eigenvalue weighted by Crippen LogP contribution is 2.14. The monoisotopic (exact) mass is 292 g/mol. The van der Waals surface area contributed by atoms with Gasteiger partial charge in [0.1, 0.15) is 6.33 Å². The van der Waals surface area contributed by atoms with E-state index < -0.39 is 0 Å². The number of aromatic nitrogens is 4. The standard InChI is InChI=1S/C9H12N6O.2ClH/c1-10-3-2-6(16)15-9-7-8(12-4-11-7)13-5-14-9;;/h4-5,10H,2-3H2,1H3,(H2,11,12,13,14,15,16);2*1H. The van der Waals surface area contributed by atoms with Gasteiger partial charge >= 0.3 is 0 Å². The normalized spacial score (nSPS) is 9.39. The van der Waals surface area contributed by atoms with Crippen LogP contribution in [0.4, 0.5) is 5.82 Å². The Morgan fingerprint density at radius 3 is 2.83 bits per heavy atom. The van der Waals surface area contributed by atoms with Crippen molar-refractivity contribution < 1.29 is 4.79 Å². The van der Waals surface area contributed by atoms with E-state index in [2.05, 4.69) is 30.6 Å². The molecule has 0 saturated heterocycles. The van der Waals surface area contributed by atoms with E-state index >= 15 is 0 Å². The molecule has 3 N–H and O–H groups in total. The fourth-order valence-corrected chi connectivity index (χ4v) is 1.29. The number of aromatic amines is 1. The number of nitrogens with zero attached hydrogens (tertiary/aromatic N) is 3. The number of hydrogen-bond donors (Lipinski definition) is 3. The lowest BCUT2D eigenvalue weighted by Gasteiger charge is -2.03. The molecule has 0 aliphatic rings. The number of imidazole rings is 1. The van der Waals surface area contributed by atoms with E-state index in [1.807, 2.05) is 0 Å². The predicted octanol–water partition coefficient (Wildman–Crippen LogP) is 0.744.